The van der Waals surface area contributed by atoms with Crippen molar-refractivity contribution in [3.63, 3.8) is 0 Å². The molecule has 1 aliphatic heterocycles. The van der Waals surface area contributed by atoms with E-state index in [1.165, 1.54) is 50.8 Å². The van der Waals surface area contributed by atoms with Gasteiger partial charge in [0, 0.05) is 38.3 Å². The number of nitrogens with zero attached hydrogens (tertiary/aromatic N) is 2. The Kier molecular flexibility index (Phi) is 6.55. The molecule has 0 bridgehead atoms. The minimum absolute atomic E-state index is 0.560. The first-order valence-corrected chi connectivity index (χ1v) is 10.5. The van der Waals surface area contributed by atoms with Crippen LogP contribution in [0.15, 0.2) is 21.8 Å². The van der Waals surface area contributed by atoms with E-state index in [1.807, 2.05) is 0 Å². The SMILES string of the molecule is CCCC1CC1NC(=NCC)NC1CCN(Cc2ccsc2)CC1. The lowest BCUT2D eigenvalue weighted by atomic mass is 10.0. The molecule has 3 rings (SSSR count). The summed E-state index contributed by atoms with van der Waals surface area (Å²) in [5.74, 6) is 1.91. The quantitative estimate of drug-likeness (QED) is 0.585. The molecular weight excluding hydrogens is 316 g/mol. The molecule has 2 heterocycles. The van der Waals surface area contributed by atoms with Crippen molar-refractivity contribution in [1.82, 2.24) is 15.5 Å². The Bertz CT molecular complexity index is 505. The van der Waals surface area contributed by atoms with E-state index in [2.05, 4.69) is 51.2 Å². The van der Waals surface area contributed by atoms with E-state index in [9.17, 15) is 0 Å². The second-order valence-electron chi connectivity index (χ2n) is 7.18. The predicted octanol–water partition coefficient (Wildman–Crippen LogP) is 3.46. The Balaban J connectivity index is 1.41. The van der Waals surface area contributed by atoms with E-state index in [0.717, 1.165) is 25.0 Å². The van der Waals surface area contributed by atoms with Crippen molar-refractivity contribution in [2.45, 2.75) is 64.6 Å². The van der Waals surface area contributed by atoms with Crippen molar-refractivity contribution in [2.24, 2.45) is 10.9 Å². The lowest BCUT2D eigenvalue weighted by Gasteiger charge is -2.33. The molecule has 1 saturated heterocycles. The molecule has 2 N–H and O–H groups in total. The van der Waals surface area contributed by atoms with Gasteiger partial charge in [-0.1, -0.05) is 13.3 Å². The number of hydrogen-bond donors (Lipinski definition) is 2. The molecule has 0 aromatic carbocycles. The van der Waals surface area contributed by atoms with Crippen LogP contribution in [0.1, 0.15) is 51.5 Å². The molecule has 5 heteroatoms. The minimum Gasteiger partial charge on any atom is -0.354 e. The Morgan fingerprint density at radius 2 is 2.12 bits per heavy atom. The van der Waals surface area contributed by atoms with Crippen LogP contribution >= 0.6 is 11.3 Å². The van der Waals surface area contributed by atoms with Crippen LogP contribution in [0.5, 0.6) is 0 Å². The molecule has 0 spiro atoms. The molecule has 4 nitrogen and oxygen atoms in total. The molecule has 1 saturated carbocycles. The van der Waals surface area contributed by atoms with Gasteiger partial charge in [-0.2, -0.15) is 11.3 Å². The molecule has 2 unspecified atom stereocenters. The second-order valence-corrected chi connectivity index (χ2v) is 7.96. The van der Waals surface area contributed by atoms with Gasteiger partial charge in [0.15, 0.2) is 5.96 Å². The van der Waals surface area contributed by atoms with Crippen LogP contribution in [0.4, 0.5) is 0 Å². The van der Waals surface area contributed by atoms with E-state index in [-0.39, 0.29) is 0 Å². The van der Waals surface area contributed by atoms with Crippen molar-refractivity contribution in [2.75, 3.05) is 19.6 Å². The summed E-state index contributed by atoms with van der Waals surface area (Å²) in [6, 6.07) is 3.46. The summed E-state index contributed by atoms with van der Waals surface area (Å²) < 4.78 is 0. The number of nitrogens with one attached hydrogen (secondary N) is 2. The van der Waals surface area contributed by atoms with Crippen LogP contribution in [0.2, 0.25) is 0 Å². The highest BCUT2D eigenvalue weighted by Crippen LogP contribution is 2.34. The first kappa shape index (κ1) is 17.7. The molecule has 2 fully saturated rings. The van der Waals surface area contributed by atoms with Crippen molar-refractivity contribution >= 4 is 17.3 Å². The third kappa shape index (κ3) is 5.21. The van der Waals surface area contributed by atoms with Gasteiger partial charge in [-0.3, -0.25) is 9.89 Å². The fraction of sp³-hybridized carbons (Fsp3) is 0.737. The standard InChI is InChI=1S/C19H32N4S/c1-3-5-16-12-18(16)22-19(20-4-2)21-17-6-9-23(10-7-17)13-15-8-11-24-14-15/h8,11,14,16-18H,3-7,9-10,12-13H2,1-2H3,(H2,20,21,22). The summed E-state index contributed by atoms with van der Waals surface area (Å²) in [5, 5.41) is 11.8. The average molecular weight is 349 g/mol. The van der Waals surface area contributed by atoms with E-state index in [0.29, 0.717) is 12.1 Å². The minimum atomic E-state index is 0.560. The van der Waals surface area contributed by atoms with Crippen LogP contribution in [0.3, 0.4) is 0 Å². The van der Waals surface area contributed by atoms with Gasteiger partial charge in [-0.15, -0.1) is 0 Å². The molecule has 1 aromatic rings. The van der Waals surface area contributed by atoms with Crippen molar-refractivity contribution in [3.8, 4) is 0 Å². The molecule has 1 aromatic heterocycles. The van der Waals surface area contributed by atoms with Gasteiger partial charge < -0.3 is 10.6 Å². The van der Waals surface area contributed by atoms with E-state index >= 15 is 0 Å². The fourth-order valence-corrected chi connectivity index (χ4v) is 4.31. The van der Waals surface area contributed by atoms with E-state index < -0.39 is 0 Å². The van der Waals surface area contributed by atoms with E-state index in [1.54, 1.807) is 11.3 Å². The maximum Gasteiger partial charge on any atom is 0.191 e. The lowest BCUT2D eigenvalue weighted by Crippen LogP contribution is -2.49. The zero-order valence-electron chi connectivity index (χ0n) is 15.1. The highest BCUT2D eigenvalue weighted by molar-refractivity contribution is 7.07. The van der Waals surface area contributed by atoms with Crippen LogP contribution in [0, 0.1) is 5.92 Å². The monoisotopic (exact) mass is 348 g/mol. The number of aliphatic imine (C=N–C) groups is 1. The number of hydrogen-bond acceptors (Lipinski definition) is 3. The van der Waals surface area contributed by atoms with Crippen LogP contribution in [-0.4, -0.2) is 42.6 Å². The van der Waals surface area contributed by atoms with Gasteiger partial charge in [0.1, 0.15) is 0 Å². The van der Waals surface area contributed by atoms with Crippen molar-refractivity contribution < 1.29 is 0 Å². The zero-order valence-corrected chi connectivity index (χ0v) is 15.9. The Morgan fingerprint density at radius 3 is 2.79 bits per heavy atom. The number of piperidine rings is 1. The van der Waals surface area contributed by atoms with Crippen molar-refractivity contribution in [1.29, 1.82) is 0 Å². The Labute approximate surface area is 150 Å². The maximum atomic E-state index is 4.66. The maximum absolute atomic E-state index is 4.66. The molecule has 1 aliphatic carbocycles. The number of guanidine groups is 1. The molecule has 0 amide bonds. The van der Waals surface area contributed by atoms with E-state index in [4.69, 9.17) is 0 Å². The largest absolute Gasteiger partial charge is 0.354 e. The first-order chi connectivity index (χ1) is 11.8. The van der Waals surface area contributed by atoms with Crippen LogP contribution in [0.25, 0.3) is 0 Å². The average Bonchev–Trinajstić information content (AvgIpc) is 3.08. The molecule has 24 heavy (non-hydrogen) atoms. The summed E-state index contributed by atoms with van der Waals surface area (Å²) in [6.07, 6.45) is 6.36. The zero-order chi connectivity index (χ0) is 16.8. The third-order valence-corrected chi connectivity index (χ3v) is 5.87. The molecule has 2 atom stereocenters. The Hall–Kier alpha value is -1.07. The smallest absolute Gasteiger partial charge is 0.191 e. The second kappa shape index (κ2) is 8.86. The van der Waals surface area contributed by atoms with Gasteiger partial charge in [-0.25, -0.2) is 0 Å². The third-order valence-electron chi connectivity index (χ3n) is 5.14. The summed E-state index contributed by atoms with van der Waals surface area (Å²) in [7, 11) is 0. The first-order valence-electron chi connectivity index (χ1n) is 9.59. The predicted molar refractivity (Wildman–Crippen MR) is 104 cm³/mol. The van der Waals surface area contributed by atoms with Crippen LogP contribution in [-0.2, 0) is 6.54 Å². The van der Waals surface area contributed by atoms with Crippen molar-refractivity contribution in [3.05, 3.63) is 22.4 Å². The van der Waals surface area contributed by atoms with Gasteiger partial charge in [0.2, 0.25) is 0 Å². The highest BCUT2D eigenvalue weighted by atomic mass is 32.1. The molecule has 0 radical (unpaired) electrons. The summed E-state index contributed by atoms with van der Waals surface area (Å²) in [6.45, 7) is 8.69. The van der Waals surface area contributed by atoms with Gasteiger partial charge in [-0.05, 0) is 60.9 Å². The fourth-order valence-electron chi connectivity index (χ4n) is 3.65. The molecule has 134 valence electrons. The lowest BCUT2D eigenvalue weighted by molar-refractivity contribution is 0.198. The molecule has 2 aliphatic rings. The highest BCUT2D eigenvalue weighted by Gasteiger charge is 2.36. The molecular formula is C19H32N4S. The van der Waals surface area contributed by atoms with Gasteiger partial charge in [0.25, 0.3) is 0 Å². The normalized spacial score (nSPS) is 25.7. The summed E-state index contributed by atoms with van der Waals surface area (Å²) in [5.41, 5.74) is 1.46. The number of likely N-dealkylation sites (tertiary alicyclic amines) is 1. The van der Waals surface area contributed by atoms with Gasteiger partial charge >= 0.3 is 0 Å². The summed E-state index contributed by atoms with van der Waals surface area (Å²) in [4.78, 5) is 7.23. The van der Waals surface area contributed by atoms with Crippen LogP contribution < -0.4 is 10.6 Å². The number of thiophene rings is 1. The summed E-state index contributed by atoms with van der Waals surface area (Å²) >= 11 is 1.79. The van der Waals surface area contributed by atoms with Gasteiger partial charge in [0.05, 0.1) is 0 Å². The topological polar surface area (TPSA) is 39.7 Å². The Morgan fingerprint density at radius 1 is 1.29 bits per heavy atom. The number of rotatable bonds is 7.